The van der Waals surface area contributed by atoms with Gasteiger partial charge in [0.1, 0.15) is 0 Å². The van der Waals surface area contributed by atoms with E-state index >= 15 is 0 Å². The fraction of sp³-hybridized carbons (Fsp3) is 0.917. The molecule has 0 aromatic carbocycles. The van der Waals surface area contributed by atoms with Gasteiger partial charge in [-0.3, -0.25) is 0 Å². The Kier molecular flexibility index (Phi) is 6.46. The summed E-state index contributed by atoms with van der Waals surface area (Å²) in [5, 5.41) is 15.9. The Labute approximate surface area is 103 Å². The fourth-order valence-corrected chi connectivity index (χ4v) is 2.55. The third-order valence-corrected chi connectivity index (χ3v) is 3.45. The lowest BCUT2D eigenvalue weighted by atomic mass is 9.79. The maximum Gasteiger partial charge on any atom is 0.0981 e. The topological polar surface area (TPSA) is 84.6 Å². The number of nitrogens with zero attached hydrogens (tertiary/aromatic N) is 4. The molecule has 1 aliphatic carbocycles. The minimum atomic E-state index is -0.0381. The molecule has 3 unspecified atom stereocenters. The van der Waals surface area contributed by atoms with Crippen LogP contribution in [-0.2, 0) is 0 Å². The molecule has 0 spiro atoms. The lowest BCUT2D eigenvalue weighted by molar-refractivity contribution is 0.248. The smallest absolute Gasteiger partial charge is 0.0981 e. The Balaban J connectivity index is 2.27. The van der Waals surface area contributed by atoms with E-state index in [0.717, 1.165) is 31.7 Å². The van der Waals surface area contributed by atoms with E-state index in [4.69, 9.17) is 5.53 Å². The molecule has 0 aliphatic heterocycles. The van der Waals surface area contributed by atoms with Gasteiger partial charge in [0.15, 0.2) is 0 Å². The lowest BCUT2D eigenvalue weighted by Crippen LogP contribution is -2.38. The molecule has 0 saturated heterocycles. The predicted octanol–water partition coefficient (Wildman–Crippen LogP) is 2.99. The monoisotopic (exact) mass is 235 g/mol. The van der Waals surface area contributed by atoms with Gasteiger partial charge in [-0.1, -0.05) is 24.9 Å². The van der Waals surface area contributed by atoms with Gasteiger partial charge in [0.05, 0.1) is 12.1 Å². The van der Waals surface area contributed by atoms with E-state index in [2.05, 4.69) is 28.3 Å². The Hall–Kier alpha value is -1.24. The summed E-state index contributed by atoms with van der Waals surface area (Å²) in [5.74, 6) is 1.23. The Morgan fingerprint density at radius 1 is 1.59 bits per heavy atom. The van der Waals surface area contributed by atoms with Crippen molar-refractivity contribution in [1.29, 1.82) is 5.26 Å². The van der Waals surface area contributed by atoms with Gasteiger partial charge in [0.25, 0.3) is 0 Å². The van der Waals surface area contributed by atoms with Gasteiger partial charge >= 0.3 is 0 Å². The summed E-state index contributed by atoms with van der Waals surface area (Å²) in [7, 11) is 0. The molecule has 0 radical (unpaired) electrons. The zero-order chi connectivity index (χ0) is 12.5. The third-order valence-electron chi connectivity index (χ3n) is 3.45. The average Bonchev–Trinajstić information content (AvgIpc) is 2.34. The molecule has 1 aliphatic rings. The van der Waals surface area contributed by atoms with E-state index in [0.29, 0.717) is 12.5 Å². The third kappa shape index (κ3) is 5.08. The van der Waals surface area contributed by atoms with Gasteiger partial charge in [-0.25, -0.2) is 0 Å². The van der Waals surface area contributed by atoms with Crippen molar-refractivity contribution in [3.63, 3.8) is 0 Å². The van der Waals surface area contributed by atoms with Crippen molar-refractivity contribution in [2.24, 2.45) is 17.0 Å². The summed E-state index contributed by atoms with van der Waals surface area (Å²) in [4.78, 5) is 2.70. The summed E-state index contributed by atoms with van der Waals surface area (Å²) in [6, 6.07) is 2.33. The maximum absolute atomic E-state index is 9.17. The van der Waals surface area contributed by atoms with Crippen molar-refractivity contribution in [2.75, 3.05) is 13.1 Å². The predicted molar refractivity (Wildman–Crippen MR) is 67.2 cm³/mol. The van der Waals surface area contributed by atoms with E-state index in [1.807, 2.05) is 0 Å². The molecule has 0 aromatic heterocycles. The molecule has 0 amide bonds. The van der Waals surface area contributed by atoms with Crippen LogP contribution >= 0.6 is 0 Å². The molecule has 0 bridgehead atoms. The van der Waals surface area contributed by atoms with Crippen molar-refractivity contribution in [3.8, 4) is 6.07 Å². The fourth-order valence-electron chi connectivity index (χ4n) is 2.55. The van der Waals surface area contributed by atoms with Crippen LogP contribution in [0.1, 0.15) is 39.0 Å². The van der Waals surface area contributed by atoms with E-state index in [1.165, 1.54) is 12.8 Å². The second-order valence-corrected chi connectivity index (χ2v) is 4.90. The van der Waals surface area contributed by atoms with Crippen LogP contribution in [-0.4, -0.2) is 19.1 Å². The number of rotatable bonds is 6. The average molecular weight is 235 g/mol. The minimum absolute atomic E-state index is 0.0381. The lowest BCUT2D eigenvalue weighted by Gasteiger charge is -2.30. The number of nitrogens with one attached hydrogen (secondary N) is 1. The van der Waals surface area contributed by atoms with Gasteiger partial charge in [0.2, 0.25) is 0 Å². The summed E-state index contributed by atoms with van der Waals surface area (Å²) < 4.78 is 0. The van der Waals surface area contributed by atoms with Crippen molar-refractivity contribution in [1.82, 2.24) is 5.32 Å². The van der Waals surface area contributed by atoms with Crippen molar-refractivity contribution in [3.05, 3.63) is 10.4 Å². The summed E-state index contributed by atoms with van der Waals surface area (Å²) in [6.07, 6.45) is 5.65. The highest BCUT2D eigenvalue weighted by Gasteiger charge is 2.25. The van der Waals surface area contributed by atoms with E-state index < -0.39 is 0 Å². The van der Waals surface area contributed by atoms with E-state index in [9.17, 15) is 5.26 Å². The first kappa shape index (κ1) is 13.8. The van der Waals surface area contributed by atoms with E-state index in [-0.39, 0.29) is 6.04 Å². The minimum Gasteiger partial charge on any atom is -0.302 e. The number of azide groups is 1. The highest BCUT2D eigenvalue weighted by atomic mass is 15.1. The summed E-state index contributed by atoms with van der Waals surface area (Å²) in [5.41, 5.74) is 8.14. The second-order valence-electron chi connectivity index (χ2n) is 4.90. The molecule has 0 heterocycles. The van der Waals surface area contributed by atoms with Gasteiger partial charge < -0.3 is 5.32 Å². The Bertz CT molecular complexity index is 303. The van der Waals surface area contributed by atoms with Crippen LogP contribution in [0.5, 0.6) is 0 Å². The zero-order valence-corrected chi connectivity index (χ0v) is 10.5. The summed E-state index contributed by atoms with van der Waals surface area (Å²) >= 11 is 0. The molecule has 94 valence electrons. The van der Waals surface area contributed by atoms with Crippen LogP contribution in [0.4, 0.5) is 0 Å². The van der Waals surface area contributed by atoms with Crippen LogP contribution in [0, 0.1) is 23.2 Å². The van der Waals surface area contributed by atoms with Crippen molar-refractivity contribution >= 4 is 0 Å². The molecule has 17 heavy (non-hydrogen) atoms. The molecule has 5 nitrogen and oxygen atoms in total. The quantitative estimate of drug-likeness (QED) is 0.332. The van der Waals surface area contributed by atoms with E-state index in [1.54, 1.807) is 0 Å². The highest BCUT2D eigenvalue weighted by Crippen LogP contribution is 2.30. The van der Waals surface area contributed by atoms with Gasteiger partial charge in [-0.05, 0) is 43.2 Å². The molecule has 1 N–H and O–H groups in total. The van der Waals surface area contributed by atoms with Crippen LogP contribution in [0.25, 0.3) is 10.4 Å². The largest absolute Gasteiger partial charge is 0.302 e. The van der Waals surface area contributed by atoms with Crippen LogP contribution in [0.3, 0.4) is 0 Å². The zero-order valence-electron chi connectivity index (χ0n) is 10.5. The van der Waals surface area contributed by atoms with Crippen molar-refractivity contribution in [2.45, 2.75) is 45.1 Å². The molecule has 1 rings (SSSR count). The molecule has 3 atom stereocenters. The number of hydrogen-bond donors (Lipinski definition) is 1. The molecule has 5 heteroatoms. The molecule has 1 saturated carbocycles. The molecule has 1 fully saturated rings. The van der Waals surface area contributed by atoms with Crippen molar-refractivity contribution < 1.29 is 0 Å². The molecular weight excluding hydrogens is 214 g/mol. The van der Waals surface area contributed by atoms with Gasteiger partial charge in [-0.15, -0.1) is 0 Å². The van der Waals surface area contributed by atoms with Crippen LogP contribution in [0.2, 0.25) is 0 Å². The standard InChI is InChI=1S/C12H21N5/c1-10-4-2-5-11(8-10)12(9-13)15-6-3-7-16-17-14/h10-12,15H,2-8H2,1H3. The summed E-state index contributed by atoms with van der Waals surface area (Å²) in [6.45, 7) is 3.52. The van der Waals surface area contributed by atoms with Crippen LogP contribution in [0.15, 0.2) is 5.11 Å². The maximum atomic E-state index is 9.17. The van der Waals surface area contributed by atoms with Gasteiger partial charge in [0, 0.05) is 11.5 Å². The first-order valence-corrected chi connectivity index (χ1v) is 6.41. The first-order chi connectivity index (χ1) is 8.27. The van der Waals surface area contributed by atoms with Crippen LogP contribution < -0.4 is 5.32 Å². The Morgan fingerprint density at radius 2 is 2.41 bits per heavy atom. The number of nitriles is 1. The number of hydrogen-bond acceptors (Lipinski definition) is 3. The normalized spacial score (nSPS) is 25.6. The molecular formula is C12H21N5. The first-order valence-electron chi connectivity index (χ1n) is 6.41. The molecule has 0 aromatic rings. The SMILES string of the molecule is CC1CCCC(C(C#N)NCCCN=[N+]=[N-])C1. The van der Waals surface area contributed by atoms with Gasteiger partial charge in [-0.2, -0.15) is 5.26 Å². The Morgan fingerprint density at radius 3 is 3.06 bits per heavy atom. The second kappa shape index (κ2) is 7.94. The highest BCUT2D eigenvalue weighted by molar-refractivity contribution is 4.96.